The molecule has 0 bridgehead atoms. The lowest BCUT2D eigenvalue weighted by Gasteiger charge is -2.18. The van der Waals surface area contributed by atoms with Crippen LogP contribution in [0.2, 0.25) is 0 Å². The molecule has 2 N–H and O–H groups in total. The Kier molecular flexibility index (Phi) is 3.67. The maximum Gasteiger partial charge on any atom is 0.428 e. The van der Waals surface area contributed by atoms with Crippen molar-refractivity contribution in [2.75, 3.05) is 18.5 Å². The van der Waals surface area contributed by atoms with Crippen LogP contribution in [0, 0.1) is 5.92 Å². The normalized spacial score (nSPS) is 18.3. The first-order valence-corrected chi connectivity index (χ1v) is 6.88. The maximum absolute atomic E-state index is 13.2. The Hall–Kier alpha value is -2.25. The standard InChI is InChI=1S/C14H14F3N3O2/c15-14(16,17)10-5-9(12-7-22-13(21)20-19-12)3-4-11(10)18-6-8-1-2-8/h3-5,8,18H,1-2,6-7H2,(H,20,21). The van der Waals surface area contributed by atoms with Crippen LogP contribution in [0.25, 0.3) is 0 Å². The molecule has 5 nitrogen and oxygen atoms in total. The summed E-state index contributed by atoms with van der Waals surface area (Å²) < 4.78 is 44.4. The van der Waals surface area contributed by atoms with E-state index < -0.39 is 17.8 Å². The van der Waals surface area contributed by atoms with Crippen LogP contribution >= 0.6 is 0 Å². The van der Waals surface area contributed by atoms with Gasteiger partial charge in [-0.05, 0) is 30.9 Å². The summed E-state index contributed by atoms with van der Waals surface area (Å²) in [6.45, 7) is 0.389. The van der Waals surface area contributed by atoms with E-state index in [2.05, 4.69) is 15.8 Å². The number of carbonyl (C=O) groups is 1. The summed E-state index contributed by atoms with van der Waals surface area (Å²) in [5, 5.41) is 6.58. The highest BCUT2D eigenvalue weighted by Gasteiger charge is 2.35. The second kappa shape index (κ2) is 5.51. The molecule has 118 valence electrons. The van der Waals surface area contributed by atoms with Crippen LogP contribution in [-0.4, -0.2) is 25.0 Å². The van der Waals surface area contributed by atoms with Gasteiger partial charge in [-0.1, -0.05) is 6.07 Å². The Morgan fingerprint density at radius 3 is 2.73 bits per heavy atom. The van der Waals surface area contributed by atoms with Crippen LogP contribution in [0.4, 0.5) is 23.7 Å². The molecule has 1 aliphatic carbocycles. The highest BCUT2D eigenvalue weighted by atomic mass is 19.4. The number of hydrogen-bond donors (Lipinski definition) is 2. The van der Waals surface area contributed by atoms with Gasteiger partial charge in [0.2, 0.25) is 0 Å². The van der Waals surface area contributed by atoms with Crippen LogP contribution in [0.3, 0.4) is 0 Å². The topological polar surface area (TPSA) is 62.7 Å². The number of benzene rings is 1. The molecule has 8 heteroatoms. The van der Waals surface area contributed by atoms with E-state index in [1.807, 2.05) is 0 Å². The van der Waals surface area contributed by atoms with Crippen LogP contribution in [0.1, 0.15) is 24.0 Å². The molecule has 22 heavy (non-hydrogen) atoms. The maximum atomic E-state index is 13.2. The Morgan fingerprint density at radius 2 is 2.14 bits per heavy atom. The number of cyclic esters (lactones) is 1. The number of anilines is 1. The number of amides is 1. The van der Waals surface area contributed by atoms with E-state index in [1.165, 1.54) is 12.1 Å². The summed E-state index contributed by atoms with van der Waals surface area (Å²) >= 11 is 0. The molecule has 1 saturated carbocycles. The number of alkyl halides is 3. The number of halogens is 3. The number of carbonyl (C=O) groups excluding carboxylic acids is 1. The van der Waals surface area contributed by atoms with Gasteiger partial charge in [0.25, 0.3) is 0 Å². The molecule has 0 atom stereocenters. The lowest BCUT2D eigenvalue weighted by molar-refractivity contribution is -0.137. The molecular formula is C14H14F3N3O2. The molecule has 1 aromatic rings. The fraction of sp³-hybridized carbons (Fsp3) is 0.429. The minimum atomic E-state index is -4.47. The first-order valence-electron chi connectivity index (χ1n) is 6.88. The van der Waals surface area contributed by atoms with Crippen molar-refractivity contribution in [2.24, 2.45) is 11.0 Å². The van der Waals surface area contributed by atoms with Crippen molar-refractivity contribution < 1.29 is 22.7 Å². The third kappa shape index (κ3) is 3.32. The lowest BCUT2D eigenvalue weighted by Crippen LogP contribution is -2.30. The molecule has 1 aliphatic heterocycles. The van der Waals surface area contributed by atoms with Gasteiger partial charge in [-0.25, -0.2) is 10.2 Å². The number of nitrogens with one attached hydrogen (secondary N) is 2. The zero-order valence-electron chi connectivity index (χ0n) is 11.5. The Bertz CT molecular complexity index is 624. The van der Waals surface area contributed by atoms with Crippen LogP contribution in [-0.2, 0) is 10.9 Å². The van der Waals surface area contributed by atoms with Gasteiger partial charge in [0, 0.05) is 17.8 Å². The Balaban J connectivity index is 1.87. The average Bonchev–Trinajstić information content (AvgIpc) is 3.29. The van der Waals surface area contributed by atoms with Gasteiger partial charge in [-0.15, -0.1) is 0 Å². The predicted octanol–water partition coefficient (Wildman–Crippen LogP) is 2.97. The van der Waals surface area contributed by atoms with Gasteiger partial charge in [-0.2, -0.15) is 18.3 Å². The monoisotopic (exact) mass is 313 g/mol. The number of hydrogen-bond acceptors (Lipinski definition) is 4. The molecule has 0 spiro atoms. The summed E-state index contributed by atoms with van der Waals surface area (Å²) in [7, 11) is 0. The molecule has 3 rings (SSSR count). The smallest absolute Gasteiger partial charge is 0.428 e. The first-order chi connectivity index (χ1) is 10.4. The molecule has 1 heterocycles. The van der Waals surface area contributed by atoms with E-state index in [1.54, 1.807) is 0 Å². The predicted molar refractivity (Wildman–Crippen MR) is 73.7 cm³/mol. The van der Waals surface area contributed by atoms with E-state index >= 15 is 0 Å². The highest BCUT2D eigenvalue weighted by molar-refractivity contribution is 6.04. The van der Waals surface area contributed by atoms with Crippen molar-refractivity contribution in [1.82, 2.24) is 5.43 Å². The van der Waals surface area contributed by atoms with Gasteiger partial charge in [0.1, 0.15) is 12.3 Å². The van der Waals surface area contributed by atoms with Crippen molar-refractivity contribution in [2.45, 2.75) is 19.0 Å². The molecule has 1 aromatic carbocycles. The largest absolute Gasteiger partial charge is 0.442 e. The molecule has 2 aliphatic rings. The van der Waals surface area contributed by atoms with Gasteiger partial charge in [0.15, 0.2) is 0 Å². The van der Waals surface area contributed by atoms with Gasteiger partial charge < -0.3 is 10.1 Å². The molecular weight excluding hydrogens is 299 g/mol. The van der Waals surface area contributed by atoms with E-state index in [0.29, 0.717) is 12.5 Å². The summed E-state index contributed by atoms with van der Waals surface area (Å²) in [5.74, 6) is 0.465. The van der Waals surface area contributed by atoms with Crippen molar-refractivity contribution in [1.29, 1.82) is 0 Å². The van der Waals surface area contributed by atoms with E-state index in [4.69, 9.17) is 4.74 Å². The van der Waals surface area contributed by atoms with Crippen molar-refractivity contribution in [3.63, 3.8) is 0 Å². The SMILES string of the molecule is O=C1NN=C(c2ccc(NCC3CC3)c(C(F)(F)F)c2)CO1. The number of rotatable bonds is 4. The summed E-state index contributed by atoms with van der Waals surface area (Å²) in [5.41, 5.74) is 1.91. The second-order valence-electron chi connectivity index (χ2n) is 5.33. The van der Waals surface area contributed by atoms with Gasteiger partial charge in [0.05, 0.1) is 5.56 Å². The summed E-state index contributed by atoms with van der Waals surface area (Å²) in [6.07, 6.45) is -3.08. The molecule has 0 unspecified atom stereocenters. The van der Waals surface area contributed by atoms with E-state index in [9.17, 15) is 18.0 Å². The Morgan fingerprint density at radius 1 is 1.36 bits per heavy atom. The molecule has 0 saturated heterocycles. The zero-order valence-corrected chi connectivity index (χ0v) is 11.5. The van der Waals surface area contributed by atoms with Crippen molar-refractivity contribution in [3.8, 4) is 0 Å². The minimum Gasteiger partial charge on any atom is -0.442 e. The van der Waals surface area contributed by atoms with Gasteiger partial charge in [-0.3, -0.25) is 0 Å². The second-order valence-corrected chi connectivity index (χ2v) is 5.33. The third-order valence-electron chi connectivity index (χ3n) is 3.56. The third-order valence-corrected chi connectivity index (χ3v) is 3.56. The quantitative estimate of drug-likeness (QED) is 0.898. The fourth-order valence-electron chi connectivity index (χ4n) is 2.15. The van der Waals surface area contributed by atoms with Gasteiger partial charge >= 0.3 is 12.3 Å². The van der Waals surface area contributed by atoms with Crippen molar-refractivity contribution >= 4 is 17.5 Å². The summed E-state index contributed by atoms with van der Waals surface area (Å²) in [6, 6.07) is 3.94. The molecule has 0 radical (unpaired) electrons. The average molecular weight is 313 g/mol. The van der Waals surface area contributed by atoms with Crippen LogP contribution in [0.15, 0.2) is 23.3 Å². The van der Waals surface area contributed by atoms with Crippen molar-refractivity contribution in [3.05, 3.63) is 29.3 Å². The first kappa shape index (κ1) is 14.7. The lowest BCUT2D eigenvalue weighted by atomic mass is 10.0. The van der Waals surface area contributed by atoms with E-state index in [-0.39, 0.29) is 23.6 Å². The fourth-order valence-corrected chi connectivity index (χ4v) is 2.15. The van der Waals surface area contributed by atoms with E-state index in [0.717, 1.165) is 18.9 Å². The van der Waals surface area contributed by atoms with Crippen LogP contribution in [0.5, 0.6) is 0 Å². The zero-order chi connectivity index (χ0) is 15.7. The minimum absolute atomic E-state index is 0.0597. The number of hydrazone groups is 1. The Labute approximate surface area is 124 Å². The summed E-state index contributed by atoms with van der Waals surface area (Å²) in [4.78, 5) is 10.8. The highest BCUT2D eigenvalue weighted by Crippen LogP contribution is 2.37. The molecule has 0 aromatic heterocycles. The molecule has 1 fully saturated rings. The van der Waals surface area contributed by atoms with Crippen LogP contribution < -0.4 is 10.7 Å². The number of nitrogens with zero attached hydrogens (tertiary/aromatic N) is 1. The number of ether oxygens (including phenoxy) is 1. The molecule has 1 amide bonds.